The molecule has 1 aromatic heterocycles. The molecule has 1 atom stereocenters. The molecule has 0 bridgehead atoms. The molecule has 1 aromatic rings. The Morgan fingerprint density at radius 3 is 2.92 bits per heavy atom. The van der Waals surface area contributed by atoms with Crippen molar-refractivity contribution >= 4 is 22.9 Å². The molecule has 0 N–H and O–H groups in total. The summed E-state index contributed by atoms with van der Waals surface area (Å²) in [5, 5.41) is 3.65. The first kappa shape index (κ1) is 9.67. The zero-order valence-electron chi connectivity index (χ0n) is 6.46. The predicted molar refractivity (Wildman–Crippen MR) is 46.6 cm³/mol. The number of nitrogens with zero attached hydrogens (tertiary/aromatic N) is 2. The molecule has 0 fully saturated rings. The average molecular weight is 211 g/mol. The lowest BCUT2D eigenvalue weighted by molar-refractivity contribution is 0.275. The summed E-state index contributed by atoms with van der Waals surface area (Å²) in [4.78, 5) is 10.7. The van der Waals surface area contributed by atoms with Crippen LogP contribution in [0.5, 0.6) is 0 Å². The van der Waals surface area contributed by atoms with Crippen LogP contribution in [0.4, 0.5) is 4.39 Å². The van der Waals surface area contributed by atoms with Crippen LogP contribution < -0.4 is 4.87 Å². The molecule has 0 aliphatic carbocycles. The second-order valence-electron chi connectivity index (χ2n) is 2.31. The first-order valence-electron chi connectivity index (χ1n) is 3.51. The van der Waals surface area contributed by atoms with E-state index >= 15 is 0 Å². The minimum atomic E-state index is -1.03. The Morgan fingerprint density at radius 2 is 2.50 bits per heavy atom. The van der Waals surface area contributed by atoms with Crippen molar-refractivity contribution in [2.24, 2.45) is 0 Å². The highest BCUT2D eigenvalue weighted by molar-refractivity contribution is 7.13. The van der Waals surface area contributed by atoms with E-state index in [0.717, 1.165) is 16.0 Å². The fourth-order valence-electron chi connectivity index (χ4n) is 0.713. The van der Waals surface area contributed by atoms with Crippen LogP contribution in [0.15, 0.2) is 4.79 Å². The minimum absolute atomic E-state index is 0.00144. The van der Waals surface area contributed by atoms with Gasteiger partial charge in [-0.15, -0.1) is 5.10 Å². The van der Waals surface area contributed by atoms with Crippen LogP contribution in [0.2, 0.25) is 4.47 Å². The third kappa shape index (κ3) is 2.28. The first-order valence-corrected chi connectivity index (χ1v) is 4.70. The topological polar surface area (TPSA) is 34.9 Å². The summed E-state index contributed by atoms with van der Waals surface area (Å²) in [6, 6.07) is 0. The molecular formula is C6H8ClFN2OS. The highest BCUT2D eigenvalue weighted by Crippen LogP contribution is 2.07. The molecule has 0 saturated carbocycles. The maximum Gasteiger partial charge on any atom is 0.326 e. The highest BCUT2D eigenvalue weighted by atomic mass is 35.5. The lowest BCUT2D eigenvalue weighted by Gasteiger charge is -2.02. The maximum atomic E-state index is 12.8. The summed E-state index contributed by atoms with van der Waals surface area (Å²) in [6.45, 7) is 1.71. The van der Waals surface area contributed by atoms with Crippen LogP contribution in [0.25, 0.3) is 0 Å². The SMILES string of the molecule is CCC(F)Cn1nc(Cl)sc1=O. The molecule has 1 unspecified atom stereocenters. The monoisotopic (exact) mass is 210 g/mol. The second-order valence-corrected chi connectivity index (χ2v) is 3.83. The van der Waals surface area contributed by atoms with E-state index in [2.05, 4.69) is 5.10 Å². The van der Waals surface area contributed by atoms with Crippen molar-refractivity contribution in [3.8, 4) is 0 Å². The molecule has 68 valence electrons. The Kier molecular flexibility index (Phi) is 3.22. The average Bonchev–Trinajstić information content (AvgIpc) is 2.30. The van der Waals surface area contributed by atoms with Crippen LogP contribution in [0.3, 0.4) is 0 Å². The quantitative estimate of drug-likeness (QED) is 0.761. The van der Waals surface area contributed by atoms with Gasteiger partial charge >= 0.3 is 4.87 Å². The zero-order chi connectivity index (χ0) is 9.14. The van der Waals surface area contributed by atoms with Crippen LogP contribution in [-0.2, 0) is 6.54 Å². The Bertz CT molecular complexity index is 311. The van der Waals surface area contributed by atoms with Gasteiger partial charge in [0.15, 0.2) is 0 Å². The first-order chi connectivity index (χ1) is 5.63. The van der Waals surface area contributed by atoms with E-state index in [1.54, 1.807) is 6.92 Å². The molecule has 1 heterocycles. The largest absolute Gasteiger partial charge is 0.326 e. The van der Waals surface area contributed by atoms with Crippen LogP contribution >= 0.6 is 22.9 Å². The number of halogens is 2. The Balaban J connectivity index is 2.75. The lowest BCUT2D eigenvalue weighted by atomic mass is 10.3. The van der Waals surface area contributed by atoms with E-state index in [1.807, 2.05) is 0 Å². The van der Waals surface area contributed by atoms with Gasteiger partial charge in [-0.1, -0.05) is 6.92 Å². The molecular weight excluding hydrogens is 203 g/mol. The van der Waals surface area contributed by atoms with E-state index < -0.39 is 6.17 Å². The maximum absolute atomic E-state index is 12.8. The molecule has 3 nitrogen and oxygen atoms in total. The van der Waals surface area contributed by atoms with Gasteiger partial charge < -0.3 is 0 Å². The number of hydrogen-bond donors (Lipinski definition) is 0. The number of rotatable bonds is 3. The number of alkyl halides is 1. The van der Waals surface area contributed by atoms with E-state index in [0.29, 0.717) is 6.42 Å². The highest BCUT2D eigenvalue weighted by Gasteiger charge is 2.09. The van der Waals surface area contributed by atoms with Crippen LogP contribution in [0.1, 0.15) is 13.3 Å². The van der Waals surface area contributed by atoms with Crippen molar-refractivity contribution in [2.75, 3.05) is 0 Å². The molecule has 0 spiro atoms. The van der Waals surface area contributed by atoms with Gasteiger partial charge in [0.05, 0.1) is 6.54 Å². The molecule has 0 saturated heterocycles. The summed E-state index contributed by atoms with van der Waals surface area (Å²) in [7, 11) is 0. The number of aromatic nitrogens is 2. The fourth-order valence-corrected chi connectivity index (χ4v) is 1.51. The van der Waals surface area contributed by atoms with E-state index in [9.17, 15) is 9.18 Å². The van der Waals surface area contributed by atoms with Gasteiger partial charge in [0.25, 0.3) is 0 Å². The van der Waals surface area contributed by atoms with E-state index in [1.165, 1.54) is 0 Å². The van der Waals surface area contributed by atoms with Gasteiger partial charge in [-0.2, -0.15) is 0 Å². The zero-order valence-corrected chi connectivity index (χ0v) is 8.03. The summed E-state index contributed by atoms with van der Waals surface area (Å²) in [5.74, 6) is 0. The Labute approximate surface area is 77.8 Å². The fraction of sp³-hybridized carbons (Fsp3) is 0.667. The Morgan fingerprint density at radius 1 is 1.83 bits per heavy atom. The summed E-state index contributed by atoms with van der Waals surface area (Å²) in [5.41, 5.74) is 0. The van der Waals surface area contributed by atoms with Crippen molar-refractivity contribution < 1.29 is 4.39 Å². The van der Waals surface area contributed by atoms with Gasteiger partial charge in [-0.05, 0) is 29.4 Å². The third-order valence-electron chi connectivity index (χ3n) is 1.40. The molecule has 1 rings (SSSR count). The van der Waals surface area contributed by atoms with Crippen molar-refractivity contribution in [1.82, 2.24) is 9.78 Å². The molecule has 0 aromatic carbocycles. The summed E-state index contributed by atoms with van der Waals surface area (Å²) < 4.78 is 14.0. The molecule has 6 heteroatoms. The normalized spacial score (nSPS) is 13.2. The van der Waals surface area contributed by atoms with Gasteiger partial charge in [0, 0.05) is 0 Å². The third-order valence-corrected chi connectivity index (χ3v) is 2.34. The predicted octanol–water partition coefficient (Wildman–Crippen LogP) is 1.71. The van der Waals surface area contributed by atoms with Crippen molar-refractivity contribution in [2.45, 2.75) is 26.1 Å². The van der Waals surface area contributed by atoms with Crippen LogP contribution in [-0.4, -0.2) is 16.0 Å². The van der Waals surface area contributed by atoms with Gasteiger partial charge in [0.2, 0.25) is 4.47 Å². The molecule has 0 aliphatic heterocycles. The minimum Gasteiger partial charge on any atom is -0.255 e. The van der Waals surface area contributed by atoms with Gasteiger partial charge in [-0.25, -0.2) is 9.07 Å². The van der Waals surface area contributed by atoms with Crippen molar-refractivity contribution in [3.63, 3.8) is 0 Å². The molecule has 0 aliphatic rings. The number of hydrogen-bond acceptors (Lipinski definition) is 3. The summed E-state index contributed by atoms with van der Waals surface area (Å²) >= 11 is 6.27. The second kappa shape index (κ2) is 4.00. The molecule has 12 heavy (non-hydrogen) atoms. The van der Waals surface area contributed by atoms with E-state index in [-0.39, 0.29) is 15.9 Å². The van der Waals surface area contributed by atoms with Crippen LogP contribution in [0, 0.1) is 0 Å². The molecule has 0 amide bonds. The standard InChI is InChI=1S/C6H8ClFN2OS/c1-2-4(8)3-10-6(11)12-5(7)9-10/h4H,2-3H2,1H3. The van der Waals surface area contributed by atoms with Crippen molar-refractivity contribution in [3.05, 3.63) is 14.1 Å². The smallest absolute Gasteiger partial charge is 0.255 e. The van der Waals surface area contributed by atoms with Gasteiger partial charge in [0.1, 0.15) is 6.17 Å². The summed E-state index contributed by atoms with van der Waals surface area (Å²) in [6.07, 6.45) is -0.650. The van der Waals surface area contributed by atoms with E-state index in [4.69, 9.17) is 11.6 Å². The van der Waals surface area contributed by atoms with Gasteiger partial charge in [-0.3, -0.25) is 4.79 Å². The van der Waals surface area contributed by atoms with Crippen molar-refractivity contribution in [1.29, 1.82) is 0 Å². The molecule has 0 radical (unpaired) electrons. The lowest BCUT2D eigenvalue weighted by Crippen LogP contribution is -2.20. The Hall–Kier alpha value is -0.420.